The third kappa shape index (κ3) is 3.46. The van der Waals surface area contributed by atoms with Crippen LogP contribution in [0, 0.1) is 17.0 Å². The summed E-state index contributed by atoms with van der Waals surface area (Å²) >= 11 is 5.71. The zero-order valence-electron chi connectivity index (χ0n) is 11.0. The SMILES string of the molecule is Cc1cc(C(=O)Nc2ccc(Cl)c([N+](=O)[O-])c2)cc(N)n1. The van der Waals surface area contributed by atoms with Gasteiger partial charge >= 0.3 is 0 Å². The summed E-state index contributed by atoms with van der Waals surface area (Å²) < 4.78 is 0. The summed E-state index contributed by atoms with van der Waals surface area (Å²) in [5, 5.41) is 13.4. The highest BCUT2D eigenvalue weighted by Gasteiger charge is 2.15. The number of nitro benzene ring substituents is 1. The van der Waals surface area contributed by atoms with Crippen molar-refractivity contribution in [3.63, 3.8) is 0 Å². The molecule has 0 saturated carbocycles. The van der Waals surface area contributed by atoms with Gasteiger partial charge in [-0.2, -0.15) is 0 Å². The van der Waals surface area contributed by atoms with Crippen molar-refractivity contribution < 1.29 is 9.72 Å². The molecular weight excluding hydrogens is 296 g/mol. The maximum absolute atomic E-state index is 12.1. The highest BCUT2D eigenvalue weighted by molar-refractivity contribution is 6.32. The Morgan fingerprint density at radius 2 is 2.10 bits per heavy atom. The van der Waals surface area contributed by atoms with Crippen molar-refractivity contribution >= 4 is 34.7 Å². The van der Waals surface area contributed by atoms with Gasteiger partial charge in [0.25, 0.3) is 11.6 Å². The number of hydrogen-bond acceptors (Lipinski definition) is 5. The minimum atomic E-state index is -0.618. The number of nitrogens with one attached hydrogen (secondary N) is 1. The monoisotopic (exact) mass is 306 g/mol. The molecule has 3 N–H and O–H groups in total. The predicted octanol–water partition coefficient (Wildman–Crippen LogP) is 2.79. The summed E-state index contributed by atoms with van der Waals surface area (Å²) in [6.07, 6.45) is 0. The van der Waals surface area contributed by atoms with Gasteiger partial charge in [-0.25, -0.2) is 4.98 Å². The van der Waals surface area contributed by atoms with Crippen LogP contribution in [0.5, 0.6) is 0 Å². The number of nitrogens with zero attached hydrogens (tertiary/aromatic N) is 2. The lowest BCUT2D eigenvalue weighted by atomic mass is 10.2. The Morgan fingerprint density at radius 3 is 2.71 bits per heavy atom. The smallest absolute Gasteiger partial charge is 0.289 e. The molecule has 108 valence electrons. The lowest BCUT2D eigenvalue weighted by Crippen LogP contribution is -2.13. The molecule has 0 aliphatic rings. The molecule has 2 aromatic rings. The van der Waals surface area contributed by atoms with Crippen LogP contribution in [0.15, 0.2) is 30.3 Å². The largest absolute Gasteiger partial charge is 0.384 e. The van der Waals surface area contributed by atoms with Gasteiger partial charge in [0.15, 0.2) is 0 Å². The summed E-state index contributed by atoms with van der Waals surface area (Å²) in [4.78, 5) is 26.2. The van der Waals surface area contributed by atoms with E-state index in [-0.39, 0.29) is 22.2 Å². The molecule has 0 atom stereocenters. The number of carbonyl (C=O) groups is 1. The number of nitrogen functional groups attached to an aromatic ring is 1. The maximum Gasteiger partial charge on any atom is 0.289 e. The fraction of sp³-hybridized carbons (Fsp3) is 0.0769. The molecule has 0 radical (unpaired) electrons. The van der Waals surface area contributed by atoms with Gasteiger partial charge in [0.05, 0.1) is 4.92 Å². The number of aryl methyl sites for hydroxylation is 1. The lowest BCUT2D eigenvalue weighted by molar-refractivity contribution is -0.384. The molecule has 0 saturated heterocycles. The summed E-state index contributed by atoms with van der Waals surface area (Å²) in [6.45, 7) is 1.71. The molecule has 0 spiro atoms. The average molecular weight is 307 g/mol. The van der Waals surface area contributed by atoms with Crippen LogP contribution in [-0.4, -0.2) is 15.8 Å². The van der Waals surface area contributed by atoms with Crippen molar-refractivity contribution in [2.24, 2.45) is 0 Å². The molecule has 1 amide bonds. The number of pyridine rings is 1. The van der Waals surface area contributed by atoms with E-state index in [0.717, 1.165) is 0 Å². The van der Waals surface area contributed by atoms with Crippen LogP contribution in [0.4, 0.5) is 17.2 Å². The second kappa shape index (κ2) is 5.76. The fourth-order valence-corrected chi connectivity index (χ4v) is 1.95. The first-order valence-corrected chi connectivity index (χ1v) is 6.24. The number of anilines is 2. The Hall–Kier alpha value is -2.67. The van der Waals surface area contributed by atoms with Crippen LogP contribution >= 0.6 is 11.6 Å². The summed E-state index contributed by atoms with van der Waals surface area (Å²) in [7, 11) is 0. The van der Waals surface area contributed by atoms with E-state index in [0.29, 0.717) is 11.3 Å². The highest BCUT2D eigenvalue weighted by Crippen LogP contribution is 2.27. The Labute approximate surface area is 124 Å². The zero-order valence-corrected chi connectivity index (χ0v) is 11.7. The van der Waals surface area contributed by atoms with Crippen molar-refractivity contribution in [2.45, 2.75) is 6.92 Å². The first-order valence-electron chi connectivity index (χ1n) is 5.86. The average Bonchev–Trinajstić information content (AvgIpc) is 2.39. The minimum Gasteiger partial charge on any atom is -0.384 e. The normalized spacial score (nSPS) is 10.2. The first kappa shape index (κ1) is 14.7. The Balaban J connectivity index is 2.27. The van der Waals surface area contributed by atoms with Crippen LogP contribution < -0.4 is 11.1 Å². The number of carbonyl (C=O) groups excluding carboxylic acids is 1. The Bertz CT molecular complexity index is 713. The lowest BCUT2D eigenvalue weighted by Gasteiger charge is -2.07. The van der Waals surface area contributed by atoms with Crippen LogP contribution in [0.3, 0.4) is 0 Å². The number of hydrogen-bond donors (Lipinski definition) is 2. The number of nitrogens with two attached hydrogens (primary N) is 1. The molecule has 0 unspecified atom stereocenters. The van der Waals surface area contributed by atoms with Crippen molar-refractivity contribution in [3.8, 4) is 0 Å². The van der Waals surface area contributed by atoms with Gasteiger partial charge in [-0.15, -0.1) is 0 Å². The molecular formula is C13H11ClN4O3. The van der Waals surface area contributed by atoms with Crippen LogP contribution in [0.1, 0.15) is 16.1 Å². The van der Waals surface area contributed by atoms with E-state index >= 15 is 0 Å². The summed E-state index contributed by atoms with van der Waals surface area (Å²) in [5.74, 6) is -0.217. The molecule has 1 aromatic carbocycles. The summed E-state index contributed by atoms with van der Waals surface area (Å²) in [5.41, 5.74) is 6.48. The zero-order chi connectivity index (χ0) is 15.6. The second-order valence-corrected chi connectivity index (χ2v) is 4.71. The Kier molecular flexibility index (Phi) is 4.04. The molecule has 2 rings (SSSR count). The quantitative estimate of drug-likeness (QED) is 0.669. The van der Waals surface area contributed by atoms with E-state index in [1.54, 1.807) is 13.0 Å². The van der Waals surface area contributed by atoms with Gasteiger partial charge in [0.1, 0.15) is 10.8 Å². The summed E-state index contributed by atoms with van der Waals surface area (Å²) in [6, 6.07) is 7.01. The molecule has 0 aliphatic heterocycles. The van der Waals surface area contributed by atoms with Crippen molar-refractivity contribution in [1.29, 1.82) is 0 Å². The molecule has 1 aromatic heterocycles. The van der Waals surface area contributed by atoms with Gasteiger partial charge in [-0.1, -0.05) is 11.6 Å². The molecule has 0 bridgehead atoms. The van der Waals surface area contributed by atoms with E-state index in [4.69, 9.17) is 17.3 Å². The van der Waals surface area contributed by atoms with E-state index < -0.39 is 10.8 Å². The highest BCUT2D eigenvalue weighted by atomic mass is 35.5. The van der Waals surface area contributed by atoms with Crippen LogP contribution in [0.2, 0.25) is 5.02 Å². The molecule has 0 fully saturated rings. The van der Waals surface area contributed by atoms with Crippen LogP contribution in [0.25, 0.3) is 0 Å². The number of halogens is 1. The van der Waals surface area contributed by atoms with E-state index in [2.05, 4.69) is 10.3 Å². The van der Waals surface area contributed by atoms with Gasteiger partial charge < -0.3 is 11.1 Å². The molecule has 21 heavy (non-hydrogen) atoms. The maximum atomic E-state index is 12.1. The fourth-order valence-electron chi connectivity index (χ4n) is 1.76. The predicted molar refractivity (Wildman–Crippen MR) is 79.4 cm³/mol. The number of nitro groups is 1. The third-order valence-electron chi connectivity index (χ3n) is 2.64. The Morgan fingerprint density at radius 1 is 1.38 bits per heavy atom. The van der Waals surface area contributed by atoms with E-state index in [9.17, 15) is 14.9 Å². The van der Waals surface area contributed by atoms with Crippen molar-refractivity contribution in [1.82, 2.24) is 4.98 Å². The van der Waals surface area contributed by atoms with E-state index in [1.165, 1.54) is 24.3 Å². The molecule has 7 nitrogen and oxygen atoms in total. The van der Waals surface area contributed by atoms with Gasteiger partial charge in [0, 0.05) is 23.0 Å². The number of rotatable bonds is 3. The van der Waals surface area contributed by atoms with Gasteiger partial charge in [-0.3, -0.25) is 14.9 Å². The molecule has 1 heterocycles. The van der Waals surface area contributed by atoms with E-state index in [1.807, 2.05) is 0 Å². The van der Waals surface area contributed by atoms with Gasteiger partial charge in [0.2, 0.25) is 0 Å². The van der Waals surface area contributed by atoms with Crippen molar-refractivity contribution in [2.75, 3.05) is 11.1 Å². The third-order valence-corrected chi connectivity index (χ3v) is 2.96. The number of amides is 1. The number of aromatic nitrogens is 1. The topological polar surface area (TPSA) is 111 Å². The molecule has 8 heteroatoms. The number of benzene rings is 1. The molecule has 0 aliphatic carbocycles. The van der Waals surface area contributed by atoms with Gasteiger partial charge in [-0.05, 0) is 31.2 Å². The van der Waals surface area contributed by atoms with Crippen molar-refractivity contribution in [3.05, 3.63) is 56.7 Å². The second-order valence-electron chi connectivity index (χ2n) is 4.30. The first-order chi connectivity index (χ1) is 9.86. The van der Waals surface area contributed by atoms with Crippen LogP contribution in [-0.2, 0) is 0 Å². The standard InChI is InChI=1S/C13H11ClN4O3/c1-7-4-8(5-12(15)16-7)13(19)17-9-2-3-10(14)11(6-9)18(20)21/h2-6H,1H3,(H2,15,16)(H,17,19). The minimum absolute atomic E-state index is 0.00185.